The number of nitrogens with zero attached hydrogens (tertiary/aromatic N) is 3. The van der Waals surface area contributed by atoms with Gasteiger partial charge in [-0.1, -0.05) is 37.3 Å². The van der Waals surface area contributed by atoms with E-state index >= 15 is 0 Å². The zero-order valence-electron chi connectivity index (χ0n) is 22.6. The summed E-state index contributed by atoms with van der Waals surface area (Å²) in [7, 11) is 0. The lowest BCUT2D eigenvalue weighted by Crippen LogP contribution is -2.70. The van der Waals surface area contributed by atoms with Crippen LogP contribution in [0.15, 0.2) is 59.8 Å². The zero-order chi connectivity index (χ0) is 26.4. The van der Waals surface area contributed by atoms with Crippen LogP contribution in [0.1, 0.15) is 67.1 Å². The second-order valence-corrected chi connectivity index (χ2v) is 13.2. The van der Waals surface area contributed by atoms with E-state index in [4.69, 9.17) is 4.98 Å². The molecule has 6 heteroatoms. The highest BCUT2D eigenvalue weighted by Gasteiger charge is 2.73. The van der Waals surface area contributed by atoms with Gasteiger partial charge in [-0.2, -0.15) is 0 Å². The van der Waals surface area contributed by atoms with Gasteiger partial charge in [0.15, 0.2) is 0 Å². The maximum atomic E-state index is 13.7. The molecule has 1 N–H and O–H groups in total. The molecule has 2 heterocycles. The van der Waals surface area contributed by atoms with Crippen molar-refractivity contribution in [3.05, 3.63) is 76.3 Å². The molecule has 2 aromatic carbocycles. The van der Waals surface area contributed by atoms with Crippen molar-refractivity contribution in [2.24, 2.45) is 28.3 Å². The first-order valence-electron chi connectivity index (χ1n) is 14.9. The standard InChI is InChI=1S/C33H36N4O2/c1-20-18-32-13-12-27(35-31(38)28-11-9-22-4-2-3-5-26(22)34-28)30(20)33(32)14-15-37(19-21-6-7-21)29(32)16-23-8-10-24(36-39)17-25(23)33/h2-5,8-11,17,20-21,27,29-30H,6-7,12-16,18-19H2,1H3,(H,35,38)/t20-,27?,29?,30?,32?,33?/m0/s1. The number of piperidine rings is 1. The van der Waals surface area contributed by atoms with Crippen LogP contribution in [0, 0.1) is 28.1 Å². The summed E-state index contributed by atoms with van der Waals surface area (Å²) in [5.41, 5.74) is 4.80. The second kappa shape index (κ2) is 8.44. The lowest BCUT2D eigenvalue weighted by Gasteiger charge is -2.66. The Morgan fingerprint density at radius 3 is 2.82 bits per heavy atom. The zero-order valence-corrected chi connectivity index (χ0v) is 22.6. The molecule has 0 spiro atoms. The predicted octanol–water partition coefficient (Wildman–Crippen LogP) is 6.15. The number of hydrogen-bond donors (Lipinski definition) is 1. The Kier molecular flexibility index (Phi) is 5.14. The van der Waals surface area contributed by atoms with Crippen LogP contribution in [0.25, 0.3) is 10.9 Å². The molecule has 6 nitrogen and oxygen atoms in total. The molecule has 6 atom stereocenters. The molecule has 1 aromatic heterocycles. The van der Waals surface area contributed by atoms with Crippen LogP contribution in [-0.2, 0) is 11.8 Å². The second-order valence-electron chi connectivity index (χ2n) is 13.2. The van der Waals surface area contributed by atoms with Crippen LogP contribution in [0.4, 0.5) is 5.69 Å². The molecule has 4 bridgehead atoms. The smallest absolute Gasteiger partial charge is 0.270 e. The number of aromatic nitrogens is 1. The Hall–Kier alpha value is -3.12. The van der Waals surface area contributed by atoms with Crippen LogP contribution >= 0.6 is 0 Å². The topological polar surface area (TPSA) is 74.7 Å². The maximum Gasteiger partial charge on any atom is 0.270 e. The van der Waals surface area contributed by atoms with Crippen LogP contribution in [-0.4, -0.2) is 41.0 Å². The van der Waals surface area contributed by atoms with Crippen molar-refractivity contribution in [3.8, 4) is 0 Å². The summed E-state index contributed by atoms with van der Waals surface area (Å²) >= 11 is 0. The van der Waals surface area contributed by atoms with Gasteiger partial charge in [-0.25, -0.2) is 4.98 Å². The number of fused-ring (bicyclic) bond motifs is 2. The first-order valence-corrected chi connectivity index (χ1v) is 14.9. The van der Waals surface area contributed by atoms with E-state index in [1.807, 2.05) is 42.5 Å². The SMILES string of the molecule is C[C@H]1CC23CCC(NC(=O)c4ccc5ccccc5n4)C1C21CCN(CC2CC2)C3Cc2ccc(N=O)cc21. The largest absolute Gasteiger partial charge is 0.348 e. The average Bonchev–Trinajstić information content (AvgIpc) is 3.75. The van der Waals surface area contributed by atoms with E-state index in [0.29, 0.717) is 29.3 Å². The van der Waals surface area contributed by atoms with Gasteiger partial charge in [0.05, 0.1) is 5.52 Å². The highest BCUT2D eigenvalue weighted by atomic mass is 16.3. The first-order chi connectivity index (χ1) is 19.0. The summed E-state index contributed by atoms with van der Waals surface area (Å²) in [6, 6.07) is 18.6. The molecule has 4 fully saturated rings. The van der Waals surface area contributed by atoms with E-state index in [-0.39, 0.29) is 22.8 Å². The van der Waals surface area contributed by atoms with Crippen LogP contribution in [0.3, 0.4) is 0 Å². The van der Waals surface area contributed by atoms with Gasteiger partial charge < -0.3 is 5.32 Å². The highest BCUT2D eigenvalue weighted by Crippen LogP contribution is 2.73. The lowest BCUT2D eigenvalue weighted by molar-refractivity contribution is -0.0951. The van der Waals surface area contributed by atoms with Crippen molar-refractivity contribution < 1.29 is 4.79 Å². The van der Waals surface area contributed by atoms with Crippen molar-refractivity contribution >= 4 is 22.5 Å². The van der Waals surface area contributed by atoms with Crippen LogP contribution < -0.4 is 5.32 Å². The summed E-state index contributed by atoms with van der Waals surface area (Å²) in [6.45, 7) is 4.76. The Bertz CT molecular complexity index is 1500. The average molecular weight is 521 g/mol. The molecule has 5 unspecified atom stereocenters. The summed E-state index contributed by atoms with van der Waals surface area (Å²) in [5, 5.41) is 7.90. The number of benzene rings is 2. The van der Waals surface area contributed by atoms with Gasteiger partial charge in [-0.15, -0.1) is 4.91 Å². The molecule has 1 saturated heterocycles. The number of amides is 1. The minimum atomic E-state index is -0.0733. The molecule has 39 heavy (non-hydrogen) atoms. The summed E-state index contributed by atoms with van der Waals surface area (Å²) in [5.74, 6) is 1.62. The predicted molar refractivity (Wildman–Crippen MR) is 152 cm³/mol. The number of rotatable bonds is 5. The number of hydrogen-bond acceptors (Lipinski definition) is 5. The highest BCUT2D eigenvalue weighted by molar-refractivity contribution is 5.95. The van der Waals surface area contributed by atoms with E-state index in [2.05, 4.69) is 34.5 Å². The molecule has 200 valence electrons. The third-order valence-corrected chi connectivity index (χ3v) is 11.4. The van der Waals surface area contributed by atoms with Crippen molar-refractivity contribution in [3.63, 3.8) is 0 Å². The number of pyridine rings is 1. The van der Waals surface area contributed by atoms with Gasteiger partial charge in [0.1, 0.15) is 11.4 Å². The quantitative estimate of drug-likeness (QED) is 0.410. The molecule has 4 aliphatic carbocycles. The fraction of sp³-hybridized carbons (Fsp3) is 0.515. The van der Waals surface area contributed by atoms with Gasteiger partial charge in [-0.3, -0.25) is 9.69 Å². The maximum absolute atomic E-state index is 13.7. The molecule has 5 aliphatic rings. The number of carbonyl (C=O) groups excluding carboxylic acids is 1. The van der Waals surface area contributed by atoms with Crippen molar-refractivity contribution in [1.29, 1.82) is 0 Å². The van der Waals surface area contributed by atoms with Crippen LogP contribution in [0.5, 0.6) is 0 Å². The monoisotopic (exact) mass is 520 g/mol. The summed E-state index contributed by atoms with van der Waals surface area (Å²) in [4.78, 5) is 32.9. The van der Waals surface area contributed by atoms with E-state index in [1.54, 1.807) is 0 Å². The molecular formula is C33H36N4O2. The molecule has 8 rings (SSSR count). The Morgan fingerprint density at radius 2 is 1.97 bits per heavy atom. The minimum Gasteiger partial charge on any atom is -0.348 e. The lowest BCUT2D eigenvalue weighted by atomic mass is 9.43. The van der Waals surface area contributed by atoms with Gasteiger partial charge >= 0.3 is 0 Å². The normalized spacial score (nSPS) is 34.8. The van der Waals surface area contributed by atoms with Crippen molar-refractivity contribution in [2.45, 2.75) is 69.4 Å². The van der Waals surface area contributed by atoms with Gasteiger partial charge in [0, 0.05) is 29.4 Å². The third kappa shape index (κ3) is 3.30. The molecule has 3 aromatic rings. The van der Waals surface area contributed by atoms with E-state index in [9.17, 15) is 9.70 Å². The summed E-state index contributed by atoms with van der Waals surface area (Å²) < 4.78 is 0. The third-order valence-electron chi connectivity index (χ3n) is 11.4. The van der Waals surface area contributed by atoms with Crippen molar-refractivity contribution in [2.75, 3.05) is 13.1 Å². The van der Waals surface area contributed by atoms with Gasteiger partial charge in [0.25, 0.3) is 5.91 Å². The van der Waals surface area contributed by atoms with Crippen LogP contribution in [0.2, 0.25) is 0 Å². The number of nitroso groups, excluding NO2 is 1. The fourth-order valence-corrected chi connectivity index (χ4v) is 9.98. The van der Waals surface area contributed by atoms with Gasteiger partial charge in [0.2, 0.25) is 0 Å². The number of likely N-dealkylation sites (tertiary alicyclic amines) is 1. The molecule has 3 saturated carbocycles. The Labute approximate surface area is 229 Å². The number of carbonyl (C=O) groups is 1. The molecule has 1 amide bonds. The van der Waals surface area contributed by atoms with Gasteiger partial charge in [-0.05, 0) is 115 Å². The van der Waals surface area contributed by atoms with E-state index < -0.39 is 0 Å². The van der Waals surface area contributed by atoms with E-state index in [1.165, 1.54) is 36.9 Å². The Balaban J connectivity index is 1.20. The fourth-order valence-electron chi connectivity index (χ4n) is 9.98. The molecule has 1 aliphatic heterocycles. The molecule has 0 radical (unpaired) electrons. The minimum absolute atomic E-state index is 0.0293. The van der Waals surface area contributed by atoms with E-state index in [0.717, 1.165) is 49.0 Å². The molecular weight excluding hydrogens is 484 g/mol. The van der Waals surface area contributed by atoms with Crippen molar-refractivity contribution in [1.82, 2.24) is 15.2 Å². The first kappa shape index (κ1) is 23.7. The number of nitrogens with one attached hydrogen (secondary N) is 1. The Morgan fingerprint density at radius 1 is 1.10 bits per heavy atom. The number of para-hydroxylation sites is 1. The summed E-state index contributed by atoms with van der Waals surface area (Å²) in [6.07, 6.45) is 8.24.